The lowest BCUT2D eigenvalue weighted by molar-refractivity contribution is 0.0402. The minimum atomic E-state index is 0.120. The molecule has 0 saturated carbocycles. The third-order valence-corrected chi connectivity index (χ3v) is 3.97. The first-order valence-electron chi connectivity index (χ1n) is 7.02. The molecule has 19 heavy (non-hydrogen) atoms. The molecule has 1 aliphatic rings. The van der Waals surface area contributed by atoms with Gasteiger partial charge < -0.3 is 5.32 Å². The van der Waals surface area contributed by atoms with Crippen molar-refractivity contribution in [1.82, 2.24) is 10.2 Å². The van der Waals surface area contributed by atoms with Crippen LogP contribution in [0.15, 0.2) is 30.3 Å². The lowest BCUT2D eigenvalue weighted by atomic mass is 9.94. The van der Waals surface area contributed by atoms with Crippen LogP contribution in [0.4, 0.5) is 0 Å². The minimum Gasteiger partial charge on any atom is -0.313 e. The van der Waals surface area contributed by atoms with Crippen LogP contribution >= 0.6 is 0 Å². The second kappa shape index (κ2) is 6.18. The van der Waals surface area contributed by atoms with Crippen molar-refractivity contribution in [2.75, 3.05) is 19.6 Å². The van der Waals surface area contributed by atoms with Gasteiger partial charge in [0, 0.05) is 31.2 Å². The van der Waals surface area contributed by atoms with Crippen molar-refractivity contribution in [3.63, 3.8) is 0 Å². The van der Waals surface area contributed by atoms with Crippen molar-refractivity contribution in [3.05, 3.63) is 35.9 Å². The van der Waals surface area contributed by atoms with Crippen LogP contribution in [0.5, 0.6) is 0 Å². The molecule has 102 valence electrons. The van der Waals surface area contributed by atoms with E-state index in [1.807, 2.05) is 0 Å². The van der Waals surface area contributed by atoms with Crippen molar-refractivity contribution in [2.45, 2.75) is 38.3 Å². The van der Waals surface area contributed by atoms with Crippen LogP contribution in [0.3, 0.4) is 0 Å². The number of piperazine rings is 1. The quantitative estimate of drug-likeness (QED) is 0.898. The number of nitrogens with one attached hydrogen (secondary N) is 1. The lowest BCUT2D eigenvalue weighted by Gasteiger charge is -2.47. The minimum absolute atomic E-state index is 0.120. The van der Waals surface area contributed by atoms with E-state index in [0.717, 1.165) is 26.1 Å². The van der Waals surface area contributed by atoms with Crippen molar-refractivity contribution in [1.29, 1.82) is 5.26 Å². The van der Waals surface area contributed by atoms with Gasteiger partial charge in [0.1, 0.15) is 0 Å². The van der Waals surface area contributed by atoms with Gasteiger partial charge in [0.05, 0.1) is 12.5 Å². The molecule has 0 spiro atoms. The Morgan fingerprint density at radius 2 is 2.11 bits per heavy atom. The van der Waals surface area contributed by atoms with E-state index in [9.17, 15) is 0 Å². The summed E-state index contributed by atoms with van der Waals surface area (Å²) in [5.41, 5.74) is 1.49. The Kier molecular flexibility index (Phi) is 4.57. The molecule has 1 heterocycles. The molecular weight excluding hydrogens is 234 g/mol. The summed E-state index contributed by atoms with van der Waals surface area (Å²) in [7, 11) is 0. The molecule has 1 unspecified atom stereocenters. The summed E-state index contributed by atoms with van der Waals surface area (Å²) in [4.78, 5) is 2.50. The summed E-state index contributed by atoms with van der Waals surface area (Å²) in [5.74, 6) is 0. The molecule has 1 aliphatic heterocycles. The van der Waals surface area contributed by atoms with E-state index in [1.54, 1.807) is 0 Å². The highest BCUT2D eigenvalue weighted by molar-refractivity contribution is 5.15. The number of hydrogen-bond donors (Lipinski definition) is 1. The summed E-state index contributed by atoms with van der Waals surface area (Å²) < 4.78 is 0. The Morgan fingerprint density at radius 3 is 2.79 bits per heavy atom. The number of hydrogen-bond acceptors (Lipinski definition) is 3. The smallest absolute Gasteiger partial charge is 0.0638 e. The molecule has 1 aromatic rings. The highest BCUT2D eigenvalue weighted by Crippen LogP contribution is 2.22. The van der Waals surface area contributed by atoms with Crippen molar-refractivity contribution in [3.8, 4) is 6.07 Å². The van der Waals surface area contributed by atoms with Crippen molar-refractivity contribution < 1.29 is 0 Å². The van der Waals surface area contributed by atoms with Gasteiger partial charge in [-0.2, -0.15) is 5.26 Å². The summed E-state index contributed by atoms with van der Waals surface area (Å²) in [5, 5.41) is 12.4. The summed E-state index contributed by atoms with van der Waals surface area (Å²) in [6, 6.07) is 13.2. The third kappa shape index (κ3) is 3.56. The molecule has 2 rings (SSSR count). The van der Waals surface area contributed by atoms with Crippen LogP contribution in [0.25, 0.3) is 0 Å². The monoisotopic (exact) mass is 257 g/mol. The molecule has 0 amide bonds. The third-order valence-electron chi connectivity index (χ3n) is 3.97. The summed E-state index contributed by atoms with van der Waals surface area (Å²) >= 11 is 0. The number of benzene rings is 1. The zero-order valence-electron chi connectivity index (χ0n) is 11.9. The zero-order chi connectivity index (χ0) is 13.7. The van der Waals surface area contributed by atoms with Gasteiger partial charge in [-0.3, -0.25) is 4.90 Å². The Hall–Kier alpha value is -1.37. The fourth-order valence-corrected chi connectivity index (χ4v) is 2.92. The second-order valence-corrected chi connectivity index (χ2v) is 5.89. The van der Waals surface area contributed by atoms with Crippen molar-refractivity contribution in [2.24, 2.45) is 0 Å². The fraction of sp³-hybridized carbons (Fsp3) is 0.562. The number of nitrogens with zero attached hydrogens (tertiary/aromatic N) is 2. The Morgan fingerprint density at radius 1 is 1.37 bits per heavy atom. The molecule has 0 aromatic heterocycles. The molecule has 3 heteroatoms. The molecule has 0 bridgehead atoms. The molecular formula is C16H23N3. The average molecular weight is 257 g/mol. The molecule has 1 fully saturated rings. The topological polar surface area (TPSA) is 39.1 Å². The maximum atomic E-state index is 8.99. The van der Waals surface area contributed by atoms with E-state index < -0.39 is 0 Å². The average Bonchev–Trinajstić information content (AvgIpc) is 2.39. The Bertz CT molecular complexity index is 433. The maximum Gasteiger partial charge on any atom is 0.0638 e. The predicted octanol–water partition coefficient (Wildman–Crippen LogP) is 2.20. The normalized spacial score (nSPS) is 22.9. The summed E-state index contributed by atoms with van der Waals surface area (Å²) in [6.07, 6.45) is 1.65. The van der Waals surface area contributed by atoms with Gasteiger partial charge in [-0.25, -0.2) is 0 Å². The van der Waals surface area contributed by atoms with Crippen LogP contribution in [-0.4, -0.2) is 36.1 Å². The number of nitriles is 1. The van der Waals surface area contributed by atoms with Gasteiger partial charge in [0.15, 0.2) is 0 Å². The SMILES string of the molecule is CC1(C)CNCC(CC#N)N1CCc1ccccc1. The molecule has 0 aliphatic carbocycles. The van der Waals surface area contributed by atoms with Crippen LogP contribution < -0.4 is 5.32 Å². The van der Waals surface area contributed by atoms with Crippen LogP contribution in [-0.2, 0) is 6.42 Å². The van der Waals surface area contributed by atoms with E-state index >= 15 is 0 Å². The van der Waals surface area contributed by atoms with Crippen LogP contribution in [0.1, 0.15) is 25.8 Å². The zero-order valence-corrected chi connectivity index (χ0v) is 11.9. The molecule has 1 aromatic carbocycles. The van der Waals surface area contributed by atoms with Crippen LogP contribution in [0.2, 0.25) is 0 Å². The first-order valence-corrected chi connectivity index (χ1v) is 7.02. The number of rotatable bonds is 4. The highest BCUT2D eigenvalue weighted by atomic mass is 15.3. The van der Waals surface area contributed by atoms with Crippen LogP contribution in [0, 0.1) is 11.3 Å². The second-order valence-electron chi connectivity index (χ2n) is 5.89. The summed E-state index contributed by atoms with van der Waals surface area (Å²) in [6.45, 7) is 7.45. The largest absolute Gasteiger partial charge is 0.313 e. The van der Waals surface area contributed by atoms with Gasteiger partial charge in [0.2, 0.25) is 0 Å². The predicted molar refractivity (Wildman–Crippen MR) is 77.8 cm³/mol. The molecule has 1 atom stereocenters. The van der Waals surface area contributed by atoms with Crippen molar-refractivity contribution >= 4 is 0 Å². The van der Waals surface area contributed by atoms with Gasteiger partial charge in [0.25, 0.3) is 0 Å². The Balaban J connectivity index is 2.03. The maximum absolute atomic E-state index is 8.99. The molecule has 1 saturated heterocycles. The van der Waals surface area contributed by atoms with E-state index in [-0.39, 0.29) is 5.54 Å². The van der Waals surface area contributed by atoms with E-state index in [1.165, 1.54) is 5.56 Å². The first-order chi connectivity index (χ1) is 9.13. The highest BCUT2D eigenvalue weighted by Gasteiger charge is 2.35. The lowest BCUT2D eigenvalue weighted by Crippen LogP contribution is -2.63. The van der Waals surface area contributed by atoms with Gasteiger partial charge in [-0.15, -0.1) is 0 Å². The Labute approximate surface area is 116 Å². The van der Waals surface area contributed by atoms with Gasteiger partial charge in [-0.1, -0.05) is 30.3 Å². The first kappa shape index (κ1) is 14.0. The standard InChI is InChI=1S/C16H23N3/c1-16(2)13-18-12-15(8-10-17)19(16)11-9-14-6-4-3-5-7-14/h3-7,15,18H,8-9,11-13H2,1-2H3. The van der Waals surface area contributed by atoms with E-state index in [2.05, 4.69) is 60.5 Å². The van der Waals surface area contributed by atoms with E-state index in [4.69, 9.17) is 5.26 Å². The molecule has 3 nitrogen and oxygen atoms in total. The molecule has 1 N–H and O–H groups in total. The van der Waals surface area contributed by atoms with Gasteiger partial charge >= 0.3 is 0 Å². The fourth-order valence-electron chi connectivity index (χ4n) is 2.92. The van der Waals surface area contributed by atoms with E-state index in [0.29, 0.717) is 12.5 Å². The molecule has 0 radical (unpaired) electrons. The van der Waals surface area contributed by atoms with Gasteiger partial charge in [-0.05, 0) is 25.8 Å².